The fraction of sp³-hybridized carbons (Fsp3) is 0.0244. The third-order valence-corrected chi connectivity index (χ3v) is 9.15. The van der Waals surface area contributed by atoms with Gasteiger partial charge in [0.15, 0.2) is 0 Å². The van der Waals surface area contributed by atoms with Gasteiger partial charge in [-0.3, -0.25) is 0 Å². The van der Waals surface area contributed by atoms with Crippen molar-refractivity contribution >= 4 is 10.8 Å². The predicted molar refractivity (Wildman–Crippen MR) is 172 cm³/mol. The molecule has 2 aliphatic rings. The van der Waals surface area contributed by atoms with Crippen LogP contribution in [0.1, 0.15) is 22.3 Å². The molecule has 0 saturated heterocycles. The van der Waals surface area contributed by atoms with Gasteiger partial charge >= 0.3 is 0 Å². The van der Waals surface area contributed by atoms with Gasteiger partial charge in [-0.1, -0.05) is 146 Å². The molecule has 42 heavy (non-hydrogen) atoms. The van der Waals surface area contributed by atoms with Gasteiger partial charge in [-0.2, -0.15) is 0 Å². The molecule has 9 rings (SSSR count). The Labute approximate surface area is 245 Å². The minimum absolute atomic E-state index is 0.487. The Morgan fingerprint density at radius 3 is 1.71 bits per heavy atom. The molecule has 0 N–H and O–H groups in total. The van der Waals surface area contributed by atoms with Gasteiger partial charge in [-0.05, 0) is 62.0 Å². The second-order valence-electron chi connectivity index (χ2n) is 11.2. The second kappa shape index (κ2) is 8.80. The van der Waals surface area contributed by atoms with Crippen LogP contribution in [0.2, 0.25) is 0 Å². The van der Waals surface area contributed by atoms with Crippen LogP contribution in [-0.4, -0.2) is 0 Å². The number of rotatable bonds is 3. The number of hydrogen-bond acceptors (Lipinski definition) is 1. The van der Waals surface area contributed by atoms with E-state index in [2.05, 4.69) is 158 Å². The topological polar surface area (TPSA) is 9.23 Å². The Morgan fingerprint density at radius 1 is 0.381 bits per heavy atom. The van der Waals surface area contributed by atoms with Gasteiger partial charge in [0.25, 0.3) is 0 Å². The van der Waals surface area contributed by atoms with Crippen molar-refractivity contribution in [3.63, 3.8) is 0 Å². The minimum atomic E-state index is -0.487. The zero-order valence-corrected chi connectivity index (χ0v) is 22.9. The van der Waals surface area contributed by atoms with Crippen LogP contribution >= 0.6 is 0 Å². The van der Waals surface area contributed by atoms with Crippen molar-refractivity contribution in [1.82, 2.24) is 0 Å². The molecule has 7 aromatic carbocycles. The highest BCUT2D eigenvalue weighted by molar-refractivity contribution is 6.08. The molecule has 0 unspecified atom stereocenters. The fourth-order valence-electron chi connectivity index (χ4n) is 7.50. The molecule has 1 nitrogen and oxygen atoms in total. The van der Waals surface area contributed by atoms with E-state index in [0.717, 1.165) is 22.6 Å². The summed E-state index contributed by atoms with van der Waals surface area (Å²) in [6.45, 7) is 0. The van der Waals surface area contributed by atoms with Crippen LogP contribution in [0.25, 0.3) is 44.2 Å². The molecule has 0 aromatic heterocycles. The molecule has 1 aliphatic carbocycles. The Balaban J connectivity index is 1.43. The van der Waals surface area contributed by atoms with Gasteiger partial charge in [-0.15, -0.1) is 0 Å². The average Bonchev–Trinajstić information content (AvgIpc) is 3.37. The molecule has 1 heteroatoms. The van der Waals surface area contributed by atoms with Crippen LogP contribution in [0, 0.1) is 0 Å². The molecular formula is C41H26O. The Kier molecular flexibility index (Phi) is 4.88. The molecule has 0 bridgehead atoms. The monoisotopic (exact) mass is 534 g/mol. The van der Waals surface area contributed by atoms with E-state index in [-0.39, 0.29) is 0 Å². The summed E-state index contributed by atoms with van der Waals surface area (Å²) in [4.78, 5) is 0. The SMILES string of the molecule is c1ccc(C2(c3ccccc3)c3ccccc3-c3cccc(-c4ccc5cccc6c5c4Oc4ccccc4-6)c32)cc1. The second-order valence-corrected chi connectivity index (χ2v) is 11.2. The summed E-state index contributed by atoms with van der Waals surface area (Å²) >= 11 is 0. The van der Waals surface area contributed by atoms with Crippen molar-refractivity contribution in [3.8, 4) is 44.9 Å². The highest BCUT2D eigenvalue weighted by Crippen LogP contribution is 2.60. The smallest absolute Gasteiger partial charge is 0.143 e. The van der Waals surface area contributed by atoms with E-state index in [1.807, 2.05) is 0 Å². The van der Waals surface area contributed by atoms with Crippen LogP contribution in [-0.2, 0) is 5.41 Å². The van der Waals surface area contributed by atoms with Crippen molar-refractivity contribution in [2.24, 2.45) is 0 Å². The van der Waals surface area contributed by atoms with Gasteiger partial charge in [-0.25, -0.2) is 0 Å². The van der Waals surface area contributed by atoms with E-state index in [4.69, 9.17) is 4.74 Å². The van der Waals surface area contributed by atoms with Crippen molar-refractivity contribution in [1.29, 1.82) is 0 Å². The third kappa shape index (κ3) is 3.03. The summed E-state index contributed by atoms with van der Waals surface area (Å²) < 4.78 is 6.85. The molecule has 0 fully saturated rings. The van der Waals surface area contributed by atoms with E-state index in [0.29, 0.717) is 0 Å². The molecular weight excluding hydrogens is 508 g/mol. The summed E-state index contributed by atoms with van der Waals surface area (Å²) in [6, 6.07) is 57.2. The van der Waals surface area contributed by atoms with Crippen LogP contribution < -0.4 is 4.74 Å². The van der Waals surface area contributed by atoms with Gasteiger partial charge in [0.05, 0.1) is 5.41 Å². The maximum atomic E-state index is 6.85. The largest absolute Gasteiger partial charge is 0.455 e. The van der Waals surface area contributed by atoms with Gasteiger partial charge < -0.3 is 4.74 Å². The highest BCUT2D eigenvalue weighted by atomic mass is 16.5. The molecule has 0 radical (unpaired) electrons. The predicted octanol–water partition coefficient (Wildman–Crippen LogP) is 10.6. The van der Waals surface area contributed by atoms with Gasteiger partial charge in [0.1, 0.15) is 11.5 Å². The van der Waals surface area contributed by atoms with Crippen LogP contribution in [0.15, 0.2) is 158 Å². The number of hydrogen-bond donors (Lipinski definition) is 0. The molecule has 0 atom stereocenters. The van der Waals surface area contributed by atoms with Crippen molar-refractivity contribution in [2.75, 3.05) is 0 Å². The Hall–Kier alpha value is -5.40. The minimum Gasteiger partial charge on any atom is -0.455 e. The lowest BCUT2D eigenvalue weighted by Gasteiger charge is -2.35. The maximum Gasteiger partial charge on any atom is 0.143 e. The summed E-state index contributed by atoms with van der Waals surface area (Å²) in [7, 11) is 0. The standard InChI is InChI=1S/C41H26O/c1-3-14-28(15-4-1)41(29-16-5-2-6-17-29)36-23-9-7-18-30(36)33-21-12-22-34(39(33)41)35-26-25-27-13-11-20-32-31-19-8-10-24-37(31)42-40(35)38(27)32/h1-26H. The van der Waals surface area contributed by atoms with Crippen molar-refractivity contribution in [3.05, 3.63) is 180 Å². The lowest BCUT2D eigenvalue weighted by Crippen LogP contribution is -2.29. The van der Waals surface area contributed by atoms with Crippen LogP contribution in [0.5, 0.6) is 11.5 Å². The number of benzene rings is 7. The molecule has 1 aliphatic heterocycles. The molecule has 196 valence electrons. The van der Waals surface area contributed by atoms with Gasteiger partial charge in [0.2, 0.25) is 0 Å². The first-order valence-electron chi connectivity index (χ1n) is 14.5. The zero-order valence-electron chi connectivity index (χ0n) is 22.9. The van der Waals surface area contributed by atoms with Crippen LogP contribution in [0.3, 0.4) is 0 Å². The zero-order chi connectivity index (χ0) is 27.7. The van der Waals surface area contributed by atoms with E-state index in [1.54, 1.807) is 0 Å². The molecule has 0 spiro atoms. The van der Waals surface area contributed by atoms with E-state index in [1.165, 1.54) is 55.3 Å². The van der Waals surface area contributed by atoms with E-state index >= 15 is 0 Å². The highest BCUT2D eigenvalue weighted by Gasteiger charge is 2.47. The third-order valence-electron chi connectivity index (χ3n) is 9.15. The molecule has 1 heterocycles. The summed E-state index contributed by atoms with van der Waals surface area (Å²) in [5.74, 6) is 1.83. The Morgan fingerprint density at radius 2 is 0.952 bits per heavy atom. The Bertz CT molecular complexity index is 2120. The number of ether oxygens (including phenoxy) is 1. The average molecular weight is 535 g/mol. The van der Waals surface area contributed by atoms with Crippen molar-refractivity contribution < 1.29 is 4.74 Å². The fourth-order valence-corrected chi connectivity index (χ4v) is 7.50. The quantitative estimate of drug-likeness (QED) is 0.219. The molecule has 0 saturated carbocycles. The lowest BCUT2D eigenvalue weighted by molar-refractivity contribution is 0.488. The molecule has 0 amide bonds. The van der Waals surface area contributed by atoms with Gasteiger partial charge in [0, 0.05) is 16.5 Å². The van der Waals surface area contributed by atoms with Crippen LogP contribution in [0.4, 0.5) is 0 Å². The number of para-hydroxylation sites is 1. The maximum absolute atomic E-state index is 6.85. The first-order valence-corrected chi connectivity index (χ1v) is 14.5. The van der Waals surface area contributed by atoms with Crippen molar-refractivity contribution in [2.45, 2.75) is 5.41 Å². The van der Waals surface area contributed by atoms with E-state index in [9.17, 15) is 0 Å². The van der Waals surface area contributed by atoms with E-state index < -0.39 is 5.41 Å². The number of fused-ring (bicyclic) bond motifs is 5. The summed E-state index contributed by atoms with van der Waals surface area (Å²) in [5.41, 5.74) is 11.9. The summed E-state index contributed by atoms with van der Waals surface area (Å²) in [6.07, 6.45) is 0. The molecule has 7 aromatic rings. The first-order chi connectivity index (χ1) is 20.9. The lowest BCUT2D eigenvalue weighted by atomic mass is 9.66. The normalized spacial score (nSPS) is 13.6. The summed E-state index contributed by atoms with van der Waals surface area (Å²) in [5, 5.41) is 2.36. The first kappa shape index (κ1) is 23.3.